The van der Waals surface area contributed by atoms with Crippen LogP contribution in [0.25, 0.3) is 0 Å². The van der Waals surface area contributed by atoms with Crippen molar-refractivity contribution in [2.75, 3.05) is 25.1 Å². The second kappa shape index (κ2) is 4.62. The molecule has 2 atom stereocenters. The number of hydrogen-bond donors (Lipinski definition) is 1. The Labute approximate surface area is 70.9 Å². The Morgan fingerprint density at radius 3 is 3.18 bits per heavy atom. The highest BCUT2D eigenvalue weighted by molar-refractivity contribution is 7.98. The molecule has 0 aromatic heterocycles. The van der Waals surface area contributed by atoms with E-state index in [1.807, 2.05) is 0 Å². The molecule has 1 fully saturated rings. The average molecular weight is 175 g/mol. The molecule has 0 amide bonds. The Kier molecular flexibility index (Phi) is 3.72. The van der Waals surface area contributed by atoms with Crippen molar-refractivity contribution in [3.05, 3.63) is 0 Å². The molecule has 0 spiro atoms. The number of ether oxygens (including phenoxy) is 1. The van der Waals surface area contributed by atoms with Crippen molar-refractivity contribution in [1.29, 1.82) is 0 Å². The molecule has 0 aliphatic carbocycles. The van der Waals surface area contributed by atoms with Gasteiger partial charge in [0, 0.05) is 24.8 Å². The molecule has 0 radical (unpaired) electrons. The van der Waals surface area contributed by atoms with Crippen molar-refractivity contribution in [2.45, 2.75) is 6.10 Å². The summed E-state index contributed by atoms with van der Waals surface area (Å²) >= 11 is 1.79. The van der Waals surface area contributed by atoms with Crippen LogP contribution in [0.15, 0.2) is 0 Å². The van der Waals surface area contributed by atoms with E-state index in [4.69, 9.17) is 4.74 Å². The van der Waals surface area contributed by atoms with Crippen LogP contribution in [-0.2, 0) is 9.53 Å². The van der Waals surface area contributed by atoms with Gasteiger partial charge in [-0.3, -0.25) is 4.79 Å². The van der Waals surface area contributed by atoms with E-state index in [0.717, 1.165) is 18.8 Å². The van der Waals surface area contributed by atoms with Crippen LogP contribution in [0.4, 0.5) is 0 Å². The van der Waals surface area contributed by atoms with E-state index < -0.39 is 0 Å². The molecule has 1 aliphatic rings. The fourth-order valence-electron chi connectivity index (χ4n) is 1.32. The minimum atomic E-state index is 0.0972. The third-order valence-corrected chi connectivity index (χ3v) is 2.65. The highest BCUT2D eigenvalue weighted by Crippen LogP contribution is 2.16. The minimum Gasteiger partial charge on any atom is -0.463 e. The van der Waals surface area contributed by atoms with E-state index in [-0.39, 0.29) is 6.10 Å². The average Bonchev–Trinajstić information content (AvgIpc) is 2.39. The summed E-state index contributed by atoms with van der Waals surface area (Å²) in [5, 5.41) is 3.19. The monoisotopic (exact) mass is 175 g/mol. The van der Waals surface area contributed by atoms with Gasteiger partial charge in [-0.05, 0) is 6.26 Å². The predicted octanol–water partition coefficient (Wildman–Crippen LogP) is 0.110. The Bertz CT molecular complexity index is 132. The predicted molar refractivity (Wildman–Crippen MR) is 45.7 cm³/mol. The lowest BCUT2D eigenvalue weighted by Crippen LogP contribution is -2.23. The largest absolute Gasteiger partial charge is 0.463 e. The zero-order valence-electron chi connectivity index (χ0n) is 6.58. The van der Waals surface area contributed by atoms with Crippen molar-refractivity contribution >= 4 is 18.2 Å². The number of rotatable bonds is 4. The Balaban J connectivity index is 2.31. The van der Waals surface area contributed by atoms with E-state index in [2.05, 4.69) is 11.6 Å². The second-order valence-corrected chi connectivity index (χ2v) is 3.56. The summed E-state index contributed by atoms with van der Waals surface area (Å²) in [7, 11) is 0. The first-order valence-electron chi connectivity index (χ1n) is 3.67. The van der Waals surface area contributed by atoms with E-state index in [0.29, 0.717) is 12.4 Å². The van der Waals surface area contributed by atoms with Gasteiger partial charge in [0.15, 0.2) is 0 Å². The molecule has 0 aromatic carbocycles. The van der Waals surface area contributed by atoms with E-state index in [1.54, 1.807) is 11.8 Å². The quantitative estimate of drug-likeness (QED) is 0.615. The van der Waals surface area contributed by atoms with Crippen LogP contribution in [0, 0.1) is 5.92 Å². The van der Waals surface area contributed by atoms with Crippen molar-refractivity contribution in [3.63, 3.8) is 0 Å². The maximum atomic E-state index is 10.1. The Hall–Kier alpha value is -0.220. The normalized spacial score (nSPS) is 30.3. The molecular weight excluding hydrogens is 162 g/mol. The van der Waals surface area contributed by atoms with Crippen LogP contribution in [0.2, 0.25) is 0 Å². The van der Waals surface area contributed by atoms with Gasteiger partial charge in [-0.15, -0.1) is 0 Å². The summed E-state index contributed by atoms with van der Waals surface area (Å²) < 4.78 is 4.91. The fourth-order valence-corrected chi connectivity index (χ4v) is 2.08. The van der Waals surface area contributed by atoms with Crippen LogP contribution in [0.5, 0.6) is 0 Å². The lowest BCUT2D eigenvalue weighted by molar-refractivity contribution is -0.134. The van der Waals surface area contributed by atoms with Crippen LogP contribution in [-0.4, -0.2) is 37.7 Å². The molecule has 1 rings (SSSR count). The summed E-state index contributed by atoms with van der Waals surface area (Å²) in [6.07, 6.45) is 2.16. The van der Waals surface area contributed by atoms with Crippen molar-refractivity contribution in [3.8, 4) is 0 Å². The van der Waals surface area contributed by atoms with Crippen LogP contribution in [0.3, 0.4) is 0 Å². The first-order chi connectivity index (χ1) is 5.38. The zero-order valence-corrected chi connectivity index (χ0v) is 7.39. The summed E-state index contributed by atoms with van der Waals surface area (Å²) in [5.74, 6) is 1.56. The minimum absolute atomic E-state index is 0.0972. The highest BCUT2D eigenvalue weighted by atomic mass is 32.2. The molecule has 1 aliphatic heterocycles. The third-order valence-electron chi connectivity index (χ3n) is 1.89. The van der Waals surface area contributed by atoms with Gasteiger partial charge in [0.2, 0.25) is 0 Å². The summed E-state index contributed by atoms with van der Waals surface area (Å²) in [6.45, 7) is 2.33. The molecule has 64 valence electrons. The third kappa shape index (κ3) is 2.38. The van der Waals surface area contributed by atoms with E-state index >= 15 is 0 Å². The summed E-state index contributed by atoms with van der Waals surface area (Å²) in [5.41, 5.74) is 0. The maximum absolute atomic E-state index is 10.1. The van der Waals surface area contributed by atoms with Crippen molar-refractivity contribution in [2.24, 2.45) is 5.92 Å². The van der Waals surface area contributed by atoms with Gasteiger partial charge in [0.1, 0.15) is 6.10 Å². The van der Waals surface area contributed by atoms with Gasteiger partial charge < -0.3 is 10.1 Å². The maximum Gasteiger partial charge on any atom is 0.293 e. The Morgan fingerprint density at radius 1 is 1.73 bits per heavy atom. The first-order valence-corrected chi connectivity index (χ1v) is 5.06. The first kappa shape index (κ1) is 8.87. The van der Waals surface area contributed by atoms with Gasteiger partial charge in [-0.2, -0.15) is 11.8 Å². The molecule has 1 saturated heterocycles. The van der Waals surface area contributed by atoms with Crippen LogP contribution in [0.1, 0.15) is 0 Å². The summed E-state index contributed by atoms with van der Waals surface area (Å²) in [6, 6.07) is 0. The highest BCUT2D eigenvalue weighted by Gasteiger charge is 2.27. The van der Waals surface area contributed by atoms with Gasteiger partial charge >= 0.3 is 0 Å². The zero-order chi connectivity index (χ0) is 8.10. The topological polar surface area (TPSA) is 38.3 Å². The van der Waals surface area contributed by atoms with Crippen LogP contribution < -0.4 is 5.32 Å². The smallest absolute Gasteiger partial charge is 0.293 e. The molecular formula is C7H13NO2S. The molecule has 0 aromatic rings. The molecule has 2 unspecified atom stereocenters. The number of nitrogens with one attached hydrogen (secondary N) is 1. The van der Waals surface area contributed by atoms with Crippen molar-refractivity contribution in [1.82, 2.24) is 5.32 Å². The SMILES string of the molecule is CSCC1CNCC1OC=O. The molecule has 11 heavy (non-hydrogen) atoms. The van der Waals surface area contributed by atoms with Gasteiger partial charge in [-0.25, -0.2) is 0 Å². The lowest BCUT2D eigenvalue weighted by atomic mass is 10.1. The molecule has 1 heterocycles. The second-order valence-electron chi connectivity index (χ2n) is 2.64. The molecule has 1 N–H and O–H groups in total. The molecule has 0 saturated carbocycles. The lowest BCUT2D eigenvalue weighted by Gasteiger charge is -2.14. The molecule has 3 nitrogen and oxygen atoms in total. The standard InChI is InChI=1S/C7H13NO2S/c1-11-4-6-2-8-3-7(6)10-5-9/h5-8H,2-4H2,1H3. The van der Waals surface area contributed by atoms with Crippen molar-refractivity contribution < 1.29 is 9.53 Å². The van der Waals surface area contributed by atoms with Gasteiger partial charge in [-0.1, -0.05) is 0 Å². The van der Waals surface area contributed by atoms with E-state index in [1.165, 1.54) is 0 Å². The fraction of sp³-hybridized carbons (Fsp3) is 0.857. The number of thioether (sulfide) groups is 1. The number of carbonyl (C=O) groups excluding carboxylic acids is 1. The molecule has 0 bridgehead atoms. The molecule has 4 heteroatoms. The van der Waals surface area contributed by atoms with Gasteiger partial charge in [0.05, 0.1) is 0 Å². The number of carbonyl (C=O) groups is 1. The van der Waals surface area contributed by atoms with Gasteiger partial charge in [0.25, 0.3) is 6.47 Å². The Morgan fingerprint density at radius 2 is 2.55 bits per heavy atom. The number of hydrogen-bond acceptors (Lipinski definition) is 4. The van der Waals surface area contributed by atoms with Crippen LogP contribution >= 0.6 is 11.8 Å². The summed E-state index contributed by atoms with van der Waals surface area (Å²) in [4.78, 5) is 10.1. The van der Waals surface area contributed by atoms with E-state index in [9.17, 15) is 4.79 Å².